The largest absolute Gasteiger partial charge is 0.573 e. The summed E-state index contributed by atoms with van der Waals surface area (Å²) in [6.45, 7) is 4.02. The van der Waals surface area contributed by atoms with Gasteiger partial charge in [-0.25, -0.2) is 4.68 Å². The first-order valence-electron chi connectivity index (χ1n) is 10.9. The van der Waals surface area contributed by atoms with Crippen molar-refractivity contribution in [2.45, 2.75) is 20.2 Å². The van der Waals surface area contributed by atoms with Crippen molar-refractivity contribution < 1.29 is 17.9 Å². The maximum atomic E-state index is 12.3. The Bertz CT molecular complexity index is 1360. The van der Waals surface area contributed by atoms with Gasteiger partial charge in [0.15, 0.2) is 5.11 Å². The molecule has 1 heterocycles. The summed E-state index contributed by atoms with van der Waals surface area (Å²) in [6, 6.07) is 19.2. The molecule has 3 aromatic carbocycles. The smallest absolute Gasteiger partial charge is 0.406 e. The highest BCUT2D eigenvalue weighted by Gasteiger charge is 2.31. The molecule has 0 aliphatic heterocycles. The minimum Gasteiger partial charge on any atom is -0.406 e. The van der Waals surface area contributed by atoms with Crippen molar-refractivity contribution >= 4 is 29.2 Å². The van der Waals surface area contributed by atoms with E-state index in [0.717, 1.165) is 33.5 Å². The predicted molar refractivity (Wildman–Crippen MR) is 139 cm³/mol. The number of ether oxygens (including phenoxy) is 1. The van der Waals surface area contributed by atoms with Crippen molar-refractivity contribution in [1.82, 2.24) is 15.2 Å². The van der Waals surface area contributed by atoms with Crippen molar-refractivity contribution in [2.75, 3.05) is 5.32 Å². The van der Waals surface area contributed by atoms with E-state index in [1.165, 1.54) is 24.3 Å². The van der Waals surface area contributed by atoms with E-state index >= 15 is 0 Å². The van der Waals surface area contributed by atoms with Crippen LogP contribution in [0.25, 0.3) is 16.8 Å². The summed E-state index contributed by atoms with van der Waals surface area (Å²) in [7, 11) is 0. The lowest BCUT2D eigenvalue weighted by Gasteiger charge is -2.12. The second kappa shape index (κ2) is 10.6. The summed E-state index contributed by atoms with van der Waals surface area (Å²) >= 11 is 5.33. The Morgan fingerprint density at radius 1 is 0.972 bits per heavy atom. The number of alkyl halides is 3. The summed E-state index contributed by atoms with van der Waals surface area (Å²) in [6.07, 6.45) is 0.414. The fourth-order valence-electron chi connectivity index (χ4n) is 3.49. The van der Waals surface area contributed by atoms with Crippen LogP contribution in [0.1, 0.15) is 16.7 Å². The van der Waals surface area contributed by atoms with Gasteiger partial charge in [0.25, 0.3) is 0 Å². The van der Waals surface area contributed by atoms with Crippen LogP contribution in [0.3, 0.4) is 0 Å². The number of halogens is 3. The van der Waals surface area contributed by atoms with Crippen LogP contribution in [0.2, 0.25) is 0 Å². The first-order valence-corrected chi connectivity index (χ1v) is 11.3. The number of benzene rings is 3. The SMILES string of the molecule is Cc1cccc(C)c1NC(=S)NN=Cc1ccc(-c2cnn(-c3ccc(OC(F)(F)F)cc3)c2)cc1. The van der Waals surface area contributed by atoms with E-state index in [0.29, 0.717) is 10.8 Å². The molecular weight excluding hydrogens is 487 g/mol. The van der Waals surface area contributed by atoms with Crippen molar-refractivity contribution in [3.63, 3.8) is 0 Å². The van der Waals surface area contributed by atoms with Gasteiger partial charge in [-0.2, -0.15) is 10.2 Å². The average molecular weight is 510 g/mol. The van der Waals surface area contributed by atoms with Crippen LogP contribution in [0, 0.1) is 13.8 Å². The number of hydrogen-bond donors (Lipinski definition) is 2. The molecule has 1 aromatic heterocycles. The third-order valence-electron chi connectivity index (χ3n) is 5.26. The van der Waals surface area contributed by atoms with Crippen LogP contribution in [-0.2, 0) is 0 Å². The van der Waals surface area contributed by atoms with E-state index in [9.17, 15) is 13.2 Å². The lowest BCUT2D eigenvalue weighted by atomic mass is 10.1. The quantitative estimate of drug-likeness (QED) is 0.180. The molecule has 0 bridgehead atoms. The number of aryl methyl sites for hydroxylation is 2. The maximum absolute atomic E-state index is 12.3. The Morgan fingerprint density at radius 3 is 2.28 bits per heavy atom. The van der Waals surface area contributed by atoms with Gasteiger partial charge in [-0.3, -0.25) is 5.43 Å². The van der Waals surface area contributed by atoms with Crippen molar-refractivity contribution in [1.29, 1.82) is 0 Å². The monoisotopic (exact) mass is 509 g/mol. The molecule has 0 saturated heterocycles. The van der Waals surface area contributed by atoms with Gasteiger partial charge in [0.2, 0.25) is 0 Å². The minimum absolute atomic E-state index is 0.285. The summed E-state index contributed by atoms with van der Waals surface area (Å²) in [5.74, 6) is -0.285. The first-order chi connectivity index (χ1) is 17.2. The molecule has 0 atom stereocenters. The second-order valence-corrected chi connectivity index (χ2v) is 8.34. The number of hydrogen-bond acceptors (Lipinski definition) is 4. The van der Waals surface area contributed by atoms with E-state index in [2.05, 4.69) is 25.7 Å². The zero-order valence-electron chi connectivity index (χ0n) is 19.4. The molecule has 0 unspecified atom stereocenters. The number of aromatic nitrogens is 2. The molecule has 0 radical (unpaired) electrons. The minimum atomic E-state index is -4.73. The van der Waals surface area contributed by atoms with Gasteiger partial charge in [0.1, 0.15) is 5.75 Å². The molecule has 2 N–H and O–H groups in total. The molecule has 10 heteroatoms. The Labute approximate surface area is 211 Å². The average Bonchev–Trinajstić information content (AvgIpc) is 3.32. The topological polar surface area (TPSA) is 63.5 Å². The summed E-state index contributed by atoms with van der Waals surface area (Å²) < 4.78 is 42.5. The van der Waals surface area contributed by atoms with Gasteiger partial charge in [0.05, 0.1) is 18.1 Å². The van der Waals surface area contributed by atoms with Gasteiger partial charge in [0, 0.05) is 17.4 Å². The zero-order chi connectivity index (χ0) is 25.7. The number of hydrazone groups is 1. The number of thiocarbonyl (C=S) groups is 1. The number of nitrogens with zero attached hydrogens (tertiary/aromatic N) is 3. The molecule has 0 spiro atoms. The Morgan fingerprint density at radius 2 is 1.64 bits per heavy atom. The molecule has 184 valence electrons. The van der Waals surface area contributed by atoms with Gasteiger partial charge in [-0.05, 0) is 72.6 Å². The first kappa shape index (κ1) is 24.9. The van der Waals surface area contributed by atoms with Crippen LogP contribution in [0.5, 0.6) is 5.75 Å². The van der Waals surface area contributed by atoms with E-state index in [-0.39, 0.29) is 5.75 Å². The van der Waals surface area contributed by atoms with Crippen LogP contribution in [0.4, 0.5) is 18.9 Å². The van der Waals surface area contributed by atoms with Crippen LogP contribution < -0.4 is 15.5 Å². The van der Waals surface area contributed by atoms with Crippen LogP contribution in [-0.4, -0.2) is 27.5 Å². The third kappa shape index (κ3) is 6.48. The van der Waals surface area contributed by atoms with E-state index in [1.807, 2.05) is 56.3 Å². The standard InChI is InChI=1S/C26H22F3N5OS/c1-17-4-3-5-18(2)24(17)32-25(36)33-30-14-19-6-8-20(9-7-19)21-15-31-34(16-21)22-10-12-23(13-11-22)35-26(27,28)29/h3-16H,1-2H3,(H2,32,33,36). The van der Waals surface area contributed by atoms with Gasteiger partial charge < -0.3 is 10.1 Å². The zero-order valence-corrected chi connectivity index (χ0v) is 20.2. The maximum Gasteiger partial charge on any atom is 0.573 e. The fourth-order valence-corrected chi connectivity index (χ4v) is 3.65. The lowest BCUT2D eigenvalue weighted by Crippen LogP contribution is -2.24. The highest BCUT2D eigenvalue weighted by molar-refractivity contribution is 7.80. The Balaban J connectivity index is 1.36. The summed E-state index contributed by atoms with van der Waals surface area (Å²) in [5.41, 5.74) is 9.22. The van der Waals surface area contributed by atoms with Crippen molar-refractivity contribution in [3.8, 4) is 22.6 Å². The lowest BCUT2D eigenvalue weighted by molar-refractivity contribution is -0.274. The molecule has 4 rings (SSSR count). The number of para-hydroxylation sites is 1. The van der Waals surface area contributed by atoms with Crippen LogP contribution in [0.15, 0.2) is 84.2 Å². The van der Waals surface area contributed by atoms with Gasteiger partial charge >= 0.3 is 6.36 Å². The predicted octanol–water partition coefficient (Wildman–Crippen LogP) is 6.38. The number of nitrogens with one attached hydrogen (secondary N) is 2. The number of rotatable bonds is 6. The molecule has 0 amide bonds. The Hall–Kier alpha value is -4.18. The highest BCUT2D eigenvalue weighted by Crippen LogP contribution is 2.25. The number of anilines is 1. The third-order valence-corrected chi connectivity index (χ3v) is 5.45. The van der Waals surface area contributed by atoms with Gasteiger partial charge in [-0.1, -0.05) is 42.5 Å². The molecular formula is C26H22F3N5OS. The van der Waals surface area contributed by atoms with E-state index < -0.39 is 6.36 Å². The molecule has 4 aromatic rings. The van der Waals surface area contributed by atoms with Gasteiger partial charge in [-0.15, -0.1) is 13.2 Å². The molecule has 36 heavy (non-hydrogen) atoms. The molecule has 0 aliphatic carbocycles. The van der Waals surface area contributed by atoms with Crippen LogP contribution >= 0.6 is 12.2 Å². The van der Waals surface area contributed by atoms with E-state index in [4.69, 9.17) is 12.2 Å². The molecule has 0 fully saturated rings. The Kier molecular flexibility index (Phi) is 7.35. The molecule has 0 saturated carbocycles. The second-order valence-electron chi connectivity index (χ2n) is 7.93. The van der Waals surface area contributed by atoms with E-state index in [1.54, 1.807) is 23.3 Å². The van der Waals surface area contributed by atoms with Crippen molar-refractivity contribution in [2.24, 2.45) is 5.10 Å². The molecule has 0 aliphatic rings. The highest BCUT2D eigenvalue weighted by atomic mass is 32.1. The summed E-state index contributed by atoms with van der Waals surface area (Å²) in [4.78, 5) is 0. The van der Waals surface area contributed by atoms with Crippen molar-refractivity contribution in [3.05, 3.63) is 95.8 Å². The normalized spacial score (nSPS) is 11.5. The fraction of sp³-hybridized carbons (Fsp3) is 0.115. The molecule has 6 nitrogen and oxygen atoms in total. The summed E-state index contributed by atoms with van der Waals surface area (Å²) in [5, 5.41) is 12.1.